The maximum Gasteiger partial charge on any atom is 0.415 e. The molecular weight excluding hydrogens is 511 g/mol. The van der Waals surface area contributed by atoms with E-state index in [-0.39, 0.29) is 34.4 Å². The molecule has 2 fully saturated rings. The monoisotopic (exact) mass is 533 g/mol. The number of anilines is 1. The van der Waals surface area contributed by atoms with E-state index in [1.165, 1.54) is 19.1 Å². The number of morpholine rings is 1. The third-order valence-corrected chi connectivity index (χ3v) is 7.19. The van der Waals surface area contributed by atoms with Crippen LogP contribution in [0.3, 0.4) is 0 Å². The number of aromatic nitrogens is 2. The minimum absolute atomic E-state index is 0.00322. The molecule has 1 amide bonds. The van der Waals surface area contributed by atoms with Gasteiger partial charge in [0.25, 0.3) is 15.9 Å². The smallest absolute Gasteiger partial charge is 0.354 e. The molecule has 2 aromatic heterocycles. The van der Waals surface area contributed by atoms with Gasteiger partial charge < -0.3 is 15.4 Å². The second-order valence-electron chi connectivity index (χ2n) is 8.77. The highest BCUT2D eigenvalue weighted by atomic mass is 35.5. The molecular formula is C21H23ClF3N5O4S. The second-order valence-corrected chi connectivity index (χ2v) is 10.7. The number of hydrogen-bond donors (Lipinski definition) is 3. The first-order chi connectivity index (χ1) is 16.3. The molecule has 1 aliphatic carbocycles. The number of halogens is 4. The van der Waals surface area contributed by atoms with Crippen LogP contribution in [0.25, 0.3) is 0 Å². The lowest BCUT2D eigenvalue weighted by Crippen LogP contribution is -2.56. The number of amides is 1. The standard InChI is InChI=1S/C21H23ClF3N5O4S/c1-20(10-27-9-15(34-20)21(23,24)25)18-13(8-14(22)17(30-18)11-3-2-4-11)19(31)29-12-5-6-28-16(7-12)35(26,32)33/h5-8,11,15,27H,2-4,9-10H2,1H3,(H2,26,32,33)(H,28,29,31)/t15-,20+/m1/s1. The summed E-state index contributed by atoms with van der Waals surface area (Å²) in [6.07, 6.45) is -2.95. The highest BCUT2D eigenvalue weighted by Gasteiger charge is 2.49. The van der Waals surface area contributed by atoms with Gasteiger partial charge in [-0.2, -0.15) is 13.2 Å². The number of primary sulfonamides is 1. The zero-order chi connectivity index (χ0) is 25.6. The summed E-state index contributed by atoms with van der Waals surface area (Å²) in [5.41, 5.74) is -1.13. The molecule has 0 radical (unpaired) electrons. The lowest BCUT2D eigenvalue weighted by atomic mass is 9.82. The van der Waals surface area contributed by atoms with Gasteiger partial charge in [-0.25, -0.2) is 18.5 Å². The van der Waals surface area contributed by atoms with E-state index < -0.39 is 45.4 Å². The summed E-state index contributed by atoms with van der Waals surface area (Å²) in [6.45, 7) is 0.974. The molecule has 1 saturated heterocycles. The van der Waals surface area contributed by atoms with Crippen molar-refractivity contribution in [3.63, 3.8) is 0 Å². The van der Waals surface area contributed by atoms with Crippen molar-refractivity contribution in [1.29, 1.82) is 0 Å². The van der Waals surface area contributed by atoms with Gasteiger partial charge in [0, 0.05) is 37.0 Å². The van der Waals surface area contributed by atoms with E-state index in [9.17, 15) is 26.4 Å². The quantitative estimate of drug-likeness (QED) is 0.537. The van der Waals surface area contributed by atoms with Crippen LogP contribution in [0.4, 0.5) is 18.9 Å². The molecule has 2 aliphatic rings. The first kappa shape index (κ1) is 25.8. The Labute approximate surface area is 204 Å². The molecule has 9 nitrogen and oxygen atoms in total. The molecule has 4 N–H and O–H groups in total. The molecule has 4 rings (SSSR count). The van der Waals surface area contributed by atoms with Crippen molar-refractivity contribution in [1.82, 2.24) is 15.3 Å². The molecule has 1 saturated carbocycles. The maximum atomic E-state index is 13.5. The number of pyridine rings is 2. The van der Waals surface area contributed by atoms with Crippen LogP contribution in [0.1, 0.15) is 53.8 Å². The minimum Gasteiger partial charge on any atom is -0.354 e. The van der Waals surface area contributed by atoms with Crippen molar-refractivity contribution in [2.45, 2.75) is 55.0 Å². The highest BCUT2D eigenvalue weighted by molar-refractivity contribution is 7.89. The Balaban J connectivity index is 1.75. The number of carbonyl (C=O) groups excluding carboxylic acids is 1. The van der Waals surface area contributed by atoms with E-state index in [4.69, 9.17) is 21.5 Å². The summed E-state index contributed by atoms with van der Waals surface area (Å²) in [6, 6.07) is 3.76. The molecule has 0 aromatic carbocycles. The fourth-order valence-electron chi connectivity index (χ4n) is 4.05. The van der Waals surface area contributed by atoms with Crippen molar-refractivity contribution in [2.24, 2.45) is 5.14 Å². The normalized spacial score (nSPS) is 23.5. The van der Waals surface area contributed by atoms with Gasteiger partial charge >= 0.3 is 6.18 Å². The predicted octanol–water partition coefficient (Wildman–Crippen LogP) is 3.06. The number of carbonyl (C=O) groups is 1. The summed E-state index contributed by atoms with van der Waals surface area (Å²) in [4.78, 5) is 21.5. The molecule has 1 aliphatic heterocycles. The van der Waals surface area contributed by atoms with Crippen LogP contribution in [0, 0.1) is 0 Å². The van der Waals surface area contributed by atoms with Crippen LogP contribution in [0.15, 0.2) is 29.4 Å². The van der Waals surface area contributed by atoms with Crippen molar-refractivity contribution >= 4 is 33.2 Å². The van der Waals surface area contributed by atoms with Crippen LogP contribution in [-0.2, 0) is 20.4 Å². The molecule has 0 spiro atoms. The zero-order valence-electron chi connectivity index (χ0n) is 18.5. The maximum absolute atomic E-state index is 13.5. The zero-order valence-corrected chi connectivity index (χ0v) is 20.1. The Morgan fingerprint density at radius 1 is 1.34 bits per heavy atom. The number of alkyl halides is 3. The lowest BCUT2D eigenvalue weighted by Gasteiger charge is -2.40. The number of sulfonamides is 1. The number of nitrogens with zero attached hydrogens (tertiary/aromatic N) is 2. The van der Waals surface area contributed by atoms with Gasteiger partial charge in [0.1, 0.15) is 5.60 Å². The molecule has 190 valence electrons. The molecule has 0 unspecified atom stereocenters. The Morgan fingerprint density at radius 3 is 2.66 bits per heavy atom. The molecule has 2 atom stereocenters. The average Bonchev–Trinajstić information content (AvgIpc) is 2.72. The molecule has 3 heterocycles. The van der Waals surface area contributed by atoms with E-state index in [1.807, 2.05) is 0 Å². The number of hydrogen-bond acceptors (Lipinski definition) is 7. The summed E-state index contributed by atoms with van der Waals surface area (Å²) in [7, 11) is -4.13. The Morgan fingerprint density at radius 2 is 2.06 bits per heavy atom. The molecule has 14 heteroatoms. The lowest BCUT2D eigenvalue weighted by molar-refractivity contribution is -0.262. The largest absolute Gasteiger partial charge is 0.415 e. The number of rotatable bonds is 5. The van der Waals surface area contributed by atoms with E-state index in [2.05, 4.69) is 20.6 Å². The molecule has 2 aromatic rings. The van der Waals surface area contributed by atoms with Crippen LogP contribution < -0.4 is 15.8 Å². The van der Waals surface area contributed by atoms with Crippen molar-refractivity contribution < 1.29 is 31.1 Å². The topological polar surface area (TPSA) is 136 Å². The van der Waals surface area contributed by atoms with Crippen molar-refractivity contribution in [3.05, 3.63) is 46.4 Å². The number of nitrogens with one attached hydrogen (secondary N) is 2. The SMILES string of the molecule is C[C@@]1(c2nc(C3CCC3)c(Cl)cc2C(=O)Nc2ccnc(S(N)(=O)=O)c2)CNC[C@H](C(F)(F)F)O1. The van der Waals surface area contributed by atoms with Crippen molar-refractivity contribution in [3.8, 4) is 0 Å². The first-order valence-corrected chi connectivity index (χ1v) is 12.7. The minimum atomic E-state index is -4.62. The fraction of sp³-hybridized carbons (Fsp3) is 0.476. The first-order valence-electron chi connectivity index (χ1n) is 10.7. The van der Waals surface area contributed by atoms with E-state index in [0.717, 1.165) is 31.5 Å². The van der Waals surface area contributed by atoms with E-state index in [0.29, 0.717) is 5.69 Å². The Kier molecular flexibility index (Phi) is 6.83. The van der Waals surface area contributed by atoms with Crippen LogP contribution in [0.5, 0.6) is 0 Å². The van der Waals surface area contributed by atoms with Crippen molar-refractivity contribution in [2.75, 3.05) is 18.4 Å². The summed E-state index contributed by atoms with van der Waals surface area (Å²) in [5.74, 6) is -0.727. The third-order valence-electron chi connectivity index (χ3n) is 6.08. The molecule has 0 bridgehead atoms. The van der Waals surface area contributed by atoms with E-state index >= 15 is 0 Å². The van der Waals surface area contributed by atoms with Gasteiger partial charge in [-0.3, -0.25) is 9.78 Å². The summed E-state index contributed by atoms with van der Waals surface area (Å²) >= 11 is 6.44. The Bertz CT molecular complexity index is 1260. The van der Waals surface area contributed by atoms with Crippen LogP contribution in [-0.4, -0.2) is 49.7 Å². The predicted molar refractivity (Wildman–Crippen MR) is 121 cm³/mol. The fourth-order valence-corrected chi connectivity index (χ4v) is 4.85. The van der Waals surface area contributed by atoms with Crippen LogP contribution >= 0.6 is 11.6 Å². The van der Waals surface area contributed by atoms with Gasteiger partial charge in [-0.15, -0.1) is 0 Å². The third kappa shape index (κ3) is 5.43. The summed E-state index contributed by atoms with van der Waals surface area (Å²) < 4.78 is 69.1. The number of nitrogens with two attached hydrogens (primary N) is 1. The average molecular weight is 534 g/mol. The molecule has 35 heavy (non-hydrogen) atoms. The van der Waals surface area contributed by atoms with Gasteiger partial charge in [-0.05, 0) is 31.9 Å². The van der Waals surface area contributed by atoms with Gasteiger partial charge in [-0.1, -0.05) is 18.0 Å². The highest BCUT2D eigenvalue weighted by Crippen LogP contribution is 2.42. The summed E-state index contributed by atoms with van der Waals surface area (Å²) in [5, 5.41) is 10.1. The second kappa shape index (κ2) is 9.28. The van der Waals surface area contributed by atoms with Crippen LogP contribution in [0.2, 0.25) is 5.02 Å². The van der Waals surface area contributed by atoms with Gasteiger partial charge in [0.2, 0.25) is 0 Å². The number of ether oxygens (including phenoxy) is 1. The van der Waals surface area contributed by atoms with Gasteiger partial charge in [0.15, 0.2) is 11.1 Å². The van der Waals surface area contributed by atoms with Gasteiger partial charge in [0.05, 0.1) is 22.0 Å². The van der Waals surface area contributed by atoms with E-state index in [1.54, 1.807) is 0 Å². The Hall–Kier alpha value is -2.32.